The van der Waals surface area contributed by atoms with Crippen molar-refractivity contribution in [3.63, 3.8) is 0 Å². The first-order chi connectivity index (χ1) is 8.97. The number of ether oxygens (including phenoxy) is 1. The molecule has 4 nitrogen and oxygen atoms in total. The number of hydrogen-bond acceptors (Lipinski definition) is 3. The lowest BCUT2D eigenvalue weighted by Gasteiger charge is -2.41. The fourth-order valence-corrected chi connectivity index (χ4v) is 2.92. The third-order valence-corrected chi connectivity index (χ3v) is 4.18. The van der Waals surface area contributed by atoms with Crippen molar-refractivity contribution in [1.82, 2.24) is 5.32 Å². The fourth-order valence-electron chi connectivity index (χ4n) is 2.92. The molecule has 4 heteroatoms. The number of nitrogens with zero attached hydrogens (tertiary/aromatic N) is 1. The minimum absolute atomic E-state index is 0.0784. The van der Waals surface area contributed by atoms with Crippen LogP contribution in [-0.4, -0.2) is 24.8 Å². The summed E-state index contributed by atoms with van der Waals surface area (Å²) in [5.41, 5.74) is 2.33. The summed E-state index contributed by atoms with van der Waals surface area (Å²) >= 11 is 0. The van der Waals surface area contributed by atoms with E-state index in [2.05, 4.69) is 31.1 Å². The van der Waals surface area contributed by atoms with Crippen LogP contribution in [-0.2, 0) is 9.53 Å². The van der Waals surface area contributed by atoms with Gasteiger partial charge in [-0.05, 0) is 11.0 Å². The van der Waals surface area contributed by atoms with Crippen LogP contribution < -0.4 is 5.32 Å². The summed E-state index contributed by atoms with van der Waals surface area (Å²) < 4.78 is 6.00. The second-order valence-corrected chi connectivity index (χ2v) is 6.55. The smallest absolute Gasteiger partial charge is 0.232 e. The molecule has 0 saturated heterocycles. The van der Waals surface area contributed by atoms with E-state index in [-0.39, 0.29) is 29.3 Å². The third-order valence-electron chi connectivity index (χ3n) is 4.18. The van der Waals surface area contributed by atoms with E-state index in [0.29, 0.717) is 6.61 Å². The number of rotatable bonds is 0. The van der Waals surface area contributed by atoms with Gasteiger partial charge in [-0.3, -0.25) is 9.79 Å². The van der Waals surface area contributed by atoms with E-state index in [0.717, 1.165) is 12.1 Å². The Morgan fingerprint density at radius 2 is 2.16 bits per heavy atom. The van der Waals surface area contributed by atoms with Crippen LogP contribution in [0.4, 0.5) is 0 Å². The molecule has 3 atom stereocenters. The average molecular weight is 260 g/mol. The first-order valence-electron chi connectivity index (χ1n) is 6.81. The summed E-state index contributed by atoms with van der Waals surface area (Å²) in [5.74, 6) is 0.0430. The molecule has 102 valence electrons. The lowest BCUT2D eigenvalue weighted by Crippen LogP contribution is -2.47. The molecule has 1 amide bonds. The van der Waals surface area contributed by atoms with Gasteiger partial charge in [0.15, 0.2) is 0 Å². The number of carbonyl (C=O) groups excluding carboxylic acids is 1. The SMILES string of the molecule is CC(C)(C)C1CC2=C(CO1)C1C=NC=CC1C(=O)N2. The van der Waals surface area contributed by atoms with Gasteiger partial charge in [-0.2, -0.15) is 0 Å². The van der Waals surface area contributed by atoms with Gasteiger partial charge < -0.3 is 10.1 Å². The number of aliphatic imine (C=N–C) groups is 1. The summed E-state index contributed by atoms with van der Waals surface area (Å²) in [6.45, 7) is 7.10. The zero-order valence-electron chi connectivity index (χ0n) is 11.6. The largest absolute Gasteiger partial charge is 0.373 e. The molecule has 0 spiro atoms. The van der Waals surface area contributed by atoms with Gasteiger partial charge in [-0.25, -0.2) is 0 Å². The van der Waals surface area contributed by atoms with Gasteiger partial charge in [0.05, 0.1) is 18.6 Å². The molecule has 3 aliphatic heterocycles. The second-order valence-electron chi connectivity index (χ2n) is 6.55. The summed E-state index contributed by atoms with van der Waals surface area (Å²) in [4.78, 5) is 16.3. The Morgan fingerprint density at radius 3 is 2.89 bits per heavy atom. The van der Waals surface area contributed by atoms with Crippen molar-refractivity contribution in [2.24, 2.45) is 22.2 Å². The maximum Gasteiger partial charge on any atom is 0.232 e. The molecule has 3 rings (SSSR count). The third kappa shape index (κ3) is 2.14. The topological polar surface area (TPSA) is 50.7 Å². The quantitative estimate of drug-likeness (QED) is 0.724. The molecule has 3 heterocycles. The van der Waals surface area contributed by atoms with Crippen LogP contribution in [0.3, 0.4) is 0 Å². The zero-order chi connectivity index (χ0) is 13.6. The van der Waals surface area contributed by atoms with E-state index >= 15 is 0 Å². The highest BCUT2D eigenvalue weighted by Crippen LogP contribution is 2.38. The van der Waals surface area contributed by atoms with E-state index in [4.69, 9.17) is 4.74 Å². The Kier molecular flexibility index (Phi) is 2.86. The van der Waals surface area contributed by atoms with Crippen LogP contribution in [0.15, 0.2) is 28.5 Å². The maximum absolute atomic E-state index is 12.1. The van der Waals surface area contributed by atoms with Crippen molar-refractivity contribution in [2.45, 2.75) is 33.3 Å². The predicted octanol–water partition coefficient (Wildman–Crippen LogP) is 2.04. The monoisotopic (exact) mass is 260 g/mol. The Labute approximate surface area is 113 Å². The molecule has 0 aromatic carbocycles. The molecular weight excluding hydrogens is 240 g/mol. The van der Waals surface area contributed by atoms with Crippen LogP contribution >= 0.6 is 0 Å². The van der Waals surface area contributed by atoms with Gasteiger partial charge in [0.25, 0.3) is 0 Å². The van der Waals surface area contributed by atoms with Crippen molar-refractivity contribution in [2.75, 3.05) is 6.61 Å². The van der Waals surface area contributed by atoms with E-state index < -0.39 is 0 Å². The Bertz CT molecular complexity index is 497. The molecule has 0 aromatic rings. The summed E-state index contributed by atoms with van der Waals surface area (Å²) in [6.07, 6.45) is 6.39. The summed E-state index contributed by atoms with van der Waals surface area (Å²) in [7, 11) is 0. The van der Waals surface area contributed by atoms with Crippen molar-refractivity contribution in [3.8, 4) is 0 Å². The van der Waals surface area contributed by atoms with Gasteiger partial charge in [0.1, 0.15) is 0 Å². The molecule has 0 bridgehead atoms. The molecule has 0 fully saturated rings. The van der Waals surface area contributed by atoms with E-state index in [9.17, 15) is 4.79 Å². The van der Waals surface area contributed by atoms with Crippen LogP contribution in [0.2, 0.25) is 0 Å². The lowest BCUT2D eigenvalue weighted by atomic mass is 9.77. The molecule has 1 N–H and O–H groups in total. The first-order valence-corrected chi connectivity index (χ1v) is 6.81. The molecule has 3 aliphatic rings. The standard InChI is InChI=1S/C15H20N2O2/c1-15(2,3)13-6-12-11(8-19-13)10-7-16-5-4-9(10)14(18)17-12/h4-5,7,9-10,13H,6,8H2,1-3H3,(H,17,18). The van der Waals surface area contributed by atoms with Crippen LogP contribution in [0.5, 0.6) is 0 Å². The normalized spacial score (nSPS) is 33.8. The predicted molar refractivity (Wildman–Crippen MR) is 73.6 cm³/mol. The molecule has 0 aromatic heterocycles. The van der Waals surface area contributed by atoms with E-state index in [1.165, 1.54) is 5.57 Å². The second kappa shape index (κ2) is 4.30. The average Bonchev–Trinajstić information content (AvgIpc) is 2.37. The number of nitrogens with one attached hydrogen (secondary N) is 1. The van der Waals surface area contributed by atoms with Crippen molar-refractivity contribution < 1.29 is 9.53 Å². The highest BCUT2D eigenvalue weighted by molar-refractivity contribution is 5.90. The van der Waals surface area contributed by atoms with E-state index in [1.54, 1.807) is 6.20 Å². The maximum atomic E-state index is 12.1. The molecule has 0 saturated carbocycles. The Morgan fingerprint density at radius 1 is 1.37 bits per heavy atom. The lowest BCUT2D eigenvalue weighted by molar-refractivity contribution is -0.125. The van der Waals surface area contributed by atoms with Crippen LogP contribution in [0.25, 0.3) is 0 Å². The van der Waals surface area contributed by atoms with E-state index in [1.807, 2.05) is 12.3 Å². The highest BCUT2D eigenvalue weighted by atomic mass is 16.5. The van der Waals surface area contributed by atoms with Gasteiger partial charge in [-0.1, -0.05) is 26.8 Å². The Balaban J connectivity index is 1.91. The summed E-state index contributed by atoms with van der Waals surface area (Å²) in [6, 6.07) is 0. The van der Waals surface area contributed by atoms with Gasteiger partial charge in [-0.15, -0.1) is 0 Å². The molecule has 0 aliphatic carbocycles. The summed E-state index contributed by atoms with van der Waals surface area (Å²) in [5, 5.41) is 3.07. The number of amides is 1. The van der Waals surface area contributed by atoms with Gasteiger partial charge in [0, 0.05) is 30.5 Å². The van der Waals surface area contributed by atoms with Crippen LogP contribution in [0, 0.1) is 17.3 Å². The van der Waals surface area contributed by atoms with Gasteiger partial charge >= 0.3 is 0 Å². The van der Waals surface area contributed by atoms with Crippen molar-refractivity contribution in [1.29, 1.82) is 0 Å². The van der Waals surface area contributed by atoms with Crippen molar-refractivity contribution >= 4 is 12.1 Å². The molecule has 3 unspecified atom stereocenters. The molecule has 19 heavy (non-hydrogen) atoms. The fraction of sp³-hybridized carbons (Fsp3) is 0.600. The number of carbonyl (C=O) groups is 1. The number of hydrogen-bond donors (Lipinski definition) is 1. The minimum atomic E-state index is -0.119. The Hall–Kier alpha value is -1.42. The molecular formula is C15H20N2O2. The highest BCUT2D eigenvalue weighted by Gasteiger charge is 2.40. The molecule has 0 radical (unpaired) electrons. The number of fused-ring (bicyclic) bond motifs is 2. The van der Waals surface area contributed by atoms with Crippen molar-refractivity contribution in [3.05, 3.63) is 23.5 Å². The first kappa shape index (κ1) is 12.6. The zero-order valence-corrected chi connectivity index (χ0v) is 11.6. The minimum Gasteiger partial charge on any atom is -0.373 e. The van der Waals surface area contributed by atoms with Gasteiger partial charge in [0.2, 0.25) is 5.91 Å². The van der Waals surface area contributed by atoms with Crippen LogP contribution in [0.1, 0.15) is 27.2 Å².